The van der Waals surface area contributed by atoms with E-state index in [0.29, 0.717) is 17.1 Å². The van der Waals surface area contributed by atoms with Gasteiger partial charge in [-0.1, -0.05) is 59.6 Å². The van der Waals surface area contributed by atoms with Crippen molar-refractivity contribution in [2.45, 2.75) is 13.3 Å². The van der Waals surface area contributed by atoms with Gasteiger partial charge in [-0.15, -0.1) is 11.8 Å². The molecular formula is C24H20ClN3OS. The van der Waals surface area contributed by atoms with Gasteiger partial charge in [-0.2, -0.15) is 0 Å². The number of hydrogen-bond donors (Lipinski definition) is 1. The van der Waals surface area contributed by atoms with Crippen LogP contribution >= 0.6 is 23.4 Å². The fraction of sp³-hybridized carbons (Fsp3) is 0.125. The van der Waals surface area contributed by atoms with Gasteiger partial charge in [0.15, 0.2) is 0 Å². The highest BCUT2D eigenvalue weighted by atomic mass is 35.5. The summed E-state index contributed by atoms with van der Waals surface area (Å²) in [5, 5.41) is 4.33. The number of carbonyl (C=O) groups excluding carboxylic acids is 1. The van der Waals surface area contributed by atoms with Crippen LogP contribution < -0.4 is 5.32 Å². The third-order valence-electron chi connectivity index (χ3n) is 4.56. The lowest BCUT2D eigenvalue weighted by molar-refractivity contribution is -0.113. The van der Waals surface area contributed by atoms with E-state index in [2.05, 4.69) is 36.5 Å². The van der Waals surface area contributed by atoms with Crippen molar-refractivity contribution in [2.24, 2.45) is 9.98 Å². The Morgan fingerprint density at radius 2 is 1.73 bits per heavy atom. The molecule has 1 heterocycles. The summed E-state index contributed by atoms with van der Waals surface area (Å²) in [7, 11) is 0. The van der Waals surface area contributed by atoms with Gasteiger partial charge in [0.1, 0.15) is 0 Å². The first-order valence-electron chi connectivity index (χ1n) is 9.56. The highest BCUT2D eigenvalue weighted by Gasteiger charge is 2.16. The van der Waals surface area contributed by atoms with Crippen molar-refractivity contribution in [1.82, 2.24) is 0 Å². The van der Waals surface area contributed by atoms with Gasteiger partial charge in [0.25, 0.3) is 0 Å². The molecule has 0 unspecified atom stereocenters. The van der Waals surface area contributed by atoms with Crippen molar-refractivity contribution in [3.63, 3.8) is 0 Å². The predicted octanol–water partition coefficient (Wildman–Crippen LogP) is 6.57. The minimum absolute atomic E-state index is 0.101. The van der Waals surface area contributed by atoms with E-state index in [-0.39, 0.29) is 11.7 Å². The second kappa shape index (κ2) is 9.28. The Kier molecular flexibility index (Phi) is 6.31. The molecule has 0 bridgehead atoms. The Balaban J connectivity index is 1.52. The van der Waals surface area contributed by atoms with Crippen molar-refractivity contribution in [3.8, 4) is 0 Å². The lowest BCUT2D eigenvalue weighted by atomic mass is 10.1. The van der Waals surface area contributed by atoms with E-state index in [4.69, 9.17) is 21.6 Å². The van der Waals surface area contributed by atoms with Crippen LogP contribution in [0.25, 0.3) is 0 Å². The number of hydrogen-bond acceptors (Lipinski definition) is 4. The van der Waals surface area contributed by atoms with E-state index in [1.165, 1.54) is 17.3 Å². The van der Waals surface area contributed by atoms with Crippen LogP contribution in [0.3, 0.4) is 0 Å². The highest BCUT2D eigenvalue weighted by molar-refractivity contribution is 8.14. The van der Waals surface area contributed by atoms with Crippen LogP contribution in [-0.2, 0) is 4.79 Å². The molecule has 3 aromatic carbocycles. The van der Waals surface area contributed by atoms with Crippen LogP contribution in [0.15, 0.2) is 82.8 Å². The number of amides is 1. The summed E-state index contributed by atoms with van der Waals surface area (Å²) in [5.41, 5.74) is 5.55. The normalized spacial score (nSPS) is 13.0. The number of benzene rings is 3. The van der Waals surface area contributed by atoms with E-state index in [1.807, 2.05) is 36.4 Å². The molecule has 30 heavy (non-hydrogen) atoms. The fourth-order valence-electron chi connectivity index (χ4n) is 3.06. The molecule has 0 saturated carbocycles. The minimum Gasteiger partial charge on any atom is -0.325 e. The highest BCUT2D eigenvalue weighted by Crippen LogP contribution is 2.33. The summed E-state index contributed by atoms with van der Waals surface area (Å²) < 4.78 is 0. The van der Waals surface area contributed by atoms with Gasteiger partial charge in [0.2, 0.25) is 5.91 Å². The molecule has 0 atom stereocenters. The topological polar surface area (TPSA) is 53.8 Å². The van der Waals surface area contributed by atoms with E-state index in [0.717, 1.165) is 27.7 Å². The van der Waals surface area contributed by atoms with Crippen LogP contribution in [0.2, 0.25) is 5.02 Å². The molecular weight excluding hydrogens is 414 g/mol. The van der Waals surface area contributed by atoms with E-state index in [1.54, 1.807) is 12.1 Å². The van der Waals surface area contributed by atoms with Crippen molar-refractivity contribution >= 4 is 57.1 Å². The number of aryl methyl sites for hydroxylation is 1. The Hall–Kier alpha value is -2.89. The maximum absolute atomic E-state index is 12.4. The van der Waals surface area contributed by atoms with Crippen molar-refractivity contribution in [1.29, 1.82) is 0 Å². The number of thioether (sulfide) groups is 1. The molecule has 1 N–H and O–H groups in total. The molecule has 1 amide bonds. The first-order chi connectivity index (χ1) is 14.6. The summed E-state index contributed by atoms with van der Waals surface area (Å²) in [4.78, 5) is 22.1. The van der Waals surface area contributed by atoms with Gasteiger partial charge in [-0.25, -0.2) is 4.99 Å². The molecule has 0 aliphatic carbocycles. The Morgan fingerprint density at radius 1 is 1.00 bits per heavy atom. The van der Waals surface area contributed by atoms with E-state index >= 15 is 0 Å². The molecule has 0 fully saturated rings. The Labute approximate surface area is 185 Å². The van der Waals surface area contributed by atoms with Gasteiger partial charge < -0.3 is 5.32 Å². The van der Waals surface area contributed by atoms with E-state index < -0.39 is 0 Å². The zero-order valence-electron chi connectivity index (χ0n) is 16.4. The Bertz CT molecular complexity index is 1140. The molecule has 1 aliphatic heterocycles. The number of nitrogens with one attached hydrogen (secondary N) is 1. The number of aliphatic imine (C=N–C) groups is 2. The van der Waals surface area contributed by atoms with Crippen LogP contribution in [0.4, 0.5) is 17.1 Å². The van der Waals surface area contributed by atoms with Crippen molar-refractivity contribution in [3.05, 3.63) is 88.9 Å². The van der Waals surface area contributed by atoms with Crippen LogP contribution in [0.1, 0.15) is 17.5 Å². The minimum atomic E-state index is -0.101. The van der Waals surface area contributed by atoms with Gasteiger partial charge in [0.05, 0.1) is 27.9 Å². The predicted molar refractivity (Wildman–Crippen MR) is 128 cm³/mol. The number of nitrogens with zero attached hydrogens (tertiary/aromatic N) is 2. The molecule has 3 aromatic rings. The third kappa shape index (κ3) is 5.17. The third-order valence-corrected chi connectivity index (χ3v) is 5.77. The van der Waals surface area contributed by atoms with Crippen LogP contribution in [-0.4, -0.2) is 22.4 Å². The first kappa shape index (κ1) is 20.4. The van der Waals surface area contributed by atoms with Gasteiger partial charge in [-0.3, -0.25) is 9.79 Å². The lowest BCUT2D eigenvalue weighted by Crippen LogP contribution is -2.16. The zero-order chi connectivity index (χ0) is 20.9. The average Bonchev–Trinajstić information content (AvgIpc) is 2.92. The van der Waals surface area contributed by atoms with Gasteiger partial charge in [0, 0.05) is 17.1 Å². The molecule has 0 spiro atoms. The lowest BCUT2D eigenvalue weighted by Gasteiger charge is -2.09. The van der Waals surface area contributed by atoms with Crippen LogP contribution in [0, 0.1) is 6.92 Å². The number of fused-ring (bicyclic) bond motifs is 1. The largest absolute Gasteiger partial charge is 0.325 e. The number of rotatable bonds is 4. The molecule has 0 radical (unpaired) electrons. The molecule has 150 valence electrons. The van der Waals surface area contributed by atoms with E-state index in [9.17, 15) is 4.79 Å². The maximum atomic E-state index is 12.4. The summed E-state index contributed by atoms with van der Waals surface area (Å²) in [5.74, 6) is 0.158. The average molecular weight is 434 g/mol. The molecule has 4 nitrogen and oxygen atoms in total. The SMILES string of the molecule is Cc1ccc(C2=Nc3ccccc3N=C(SCC(=O)Nc3cccc(Cl)c3)C2)cc1. The summed E-state index contributed by atoms with van der Waals surface area (Å²) in [6.45, 7) is 2.06. The molecule has 6 heteroatoms. The first-order valence-corrected chi connectivity index (χ1v) is 10.9. The number of anilines is 1. The molecule has 4 rings (SSSR count). The van der Waals surface area contributed by atoms with Crippen molar-refractivity contribution in [2.75, 3.05) is 11.1 Å². The quantitative estimate of drug-likeness (QED) is 0.505. The number of carbonyl (C=O) groups is 1. The summed E-state index contributed by atoms with van der Waals surface area (Å²) in [6.07, 6.45) is 0.576. The maximum Gasteiger partial charge on any atom is 0.234 e. The van der Waals surface area contributed by atoms with Crippen molar-refractivity contribution < 1.29 is 4.79 Å². The smallest absolute Gasteiger partial charge is 0.234 e. The summed E-state index contributed by atoms with van der Waals surface area (Å²) >= 11 is 7.42. The number of para-hydroxylation sites is 2. The molecule has 0 saturated heterocycles. The fourth-order valence-corrected chi connectivity index (χ4v) is 4.03. The molecule has 1 aliphatic rings. The summed E-state index contributed by atoms with van der Waals surface area (Å²) in [6, 6.07) is 23.3. The number of halogens is 1. The van der Waals surface area contributed by atoms with Gasteiger partial charge >= 0.3 is 0 Å². The van der Waals surface area contributed by atoms with Crippen LogP contribution in [0.5, 0.6) is 0 Å². The monoisotopic (exact) mass is 433 g/mol. The Morgan fingerprint density at radius 3 is 2.47 bits per heavy atom. The van der Waals surface area contributed by atoms with Gasteiger partial charge in [-0.05, 0) is 42.8 Å². The standard InChI is InChI=1S/C24H20ClN3OS/c1-16-9-11-17(12-10-16)22-14-24(28-21-8-3-2-7-20(21)27-22)30-15-23(29)26-19-6-4-5-18(25)13-19/h2-13H,14-15H2,1H3,(H,26,29). The second-order valence-electron chi connectivity index (χ2n) is 6.94. The second-order valence-corrected chi connectivity index (χ2v) is 8.43. The zero-order valence-corrected chi connectivity index (χ0v) is 18.0. The molecule has 0 aromatic heterocycles.